The number of nitrogens with two attached hydrogens (primary N) is 2. The van der Waals surface area contributed by atoms with E-state index in [-0.39, 0.29) is 18.4 Å². The van der Waals surface area contributed by atoms with Crippen LogP contribution < -0.4 is 16.8 Å². The second-order valence-electron chi connectivity index (χ2n) is 18.1. The SMILES string of the molecule is CC(CC1CCN(C(=O)c2ccc(C#Cc3c(N)ncc4ccc(Cl)cc34)cc2)CC1)=NC(=O)OC(C)(C)C.CN(C)CC(O)CNC(=O)c1cccc(C#Cc2c(N)ncc3ccc(Cl)cc23)c1. The number of hydrogen-bond acceptors (Lipinski definition) is 10. The highest BCUT2D eigenvalue weighted by atomic mass is 35.5. The molecule has 13 nitrogen and oxygen atoms in total. The molecule has 3 amide bonds. The molecule has 6 N–H and O–H groups in total. The number of ether oxygens (including phenoxy) is 1. The number of nitrogens with one attached hydrogen (secondary N) is 1. The van der Waals surface area contributed by atoms with Crippen LogP contribution in [-0.2, 0) is 4.74 Å². The number of nitrogens with zero attached hydrogens (tertiary/aromatic N) is 5. The lowest BCUT2D eigenvalue weighted by Gasteiger charge is -2.32. The third-order valence-electron chi connectivity index (χ3n) is 10.9. The number of carbonyl (C=O) groups is 3. The first-order valence-corrected chi connectivity index (χ1v) is 23.2. The van der Waals surface area contributed by atoms with Crippen LogP contribution in [0, 0.1) is 29.6 Å². The number of nitrogen functional groups attached to an aromatic ring is 2. The molecular formula is C54H56Cl2N8O5. The molecule has 0 bridgehead atoms. The van der Waals surface area contributed by atoms with E-state index in [0.29, 0.717) is 75.1 Å². The molecule has 4 aromatic carbocycles. The Morgan fingerprint density at radius 1 is 0.826 bits per heavy atom. The van der Waals surface area contributed by atoms with E-state index >= 15 is 0 Å². The van der Waals surface area contributed by atoms with Gasteiger partial charge in [-0.15, -0.1) is 0 Å². The molecule has 0 aliphatic carbocycles. The number of piperidine rings is 1. The number of likely N-dealkylation sites (tertiary alicyclic amines) is 1. The number of carbonyl (C=O) groups excluding carboxylic acids is 3. The summed E-state index contributed by atoms with van der Waals surface area (Å²) in [6.45, 7) is 9.29. The van der Waals surface area contributed by atoms with Gasteiger partial charge in [-0.05, 0) is 134 Å². The summed E-state index contributed by atoms with van der Waals surface area (Å²) >= 11 is 12.3. The fraction of sp³-hybridized carbons (Fsp3) is 0.296. The van der Waals surface area contributed by atoms with Crippen LogP contribution in [0.4, 0.5) is 16.4 Å². The number of likely N-dealkylation sites (N-methyl/N-ethyl adjacent to an activating group) is 1. The van der Waals surface area contributed by atoms with Gasteiger partial charge in [-0.1, -0.05) is 65.1 Å². The van der Waals surface area contributed by atoms with Crippen molar-refractivity contribution in [1.29, 1.82) is 0 Å². The number of amides is 3. The number of aliphatic hydroxyl groups is 1. The summed E-state index contributed by atoms with van der Waals surface area (Å²) < 4.78 is 5.27. The number of aliphatic hydroxyl groups excluding tert-OH is 1. The highest BCUT2D eigenvalue weighted by molar-refractivity contribution is 6.31. The van der Waals surface area contributed by atoms with Crippen molar-refractivity contribution in [3.63, 3.8) is 0 Å². The molecule has 15 heteroatoms. The summed E-state index contributed by atoms with van der Waals surface area (Å²) in [5, 5.41) is 17.3. The molecule has 1 unspecified atom stereocenters. The normalized spacial score (nSPS) is 13.4. The Morgan fingerprint density at radius 3 is 1.94 bits per heavy atom. The van der Waals surface area contributed by atoms with Crippen LogP contribution in [0.5, 0.6) is 0 Å². The average Bonchev–Trinajstić information content (AvgIpc) is 3.29. The molecule has 0 spiro atoms. The van der Waals surface area contributed by atoms with Crippen LogP contribution in [0.1, 0.15) is 89.9 Å². The summed E-state index contributed by atoms with van der Waals surface area (Å²) in [4.78, 5) is 53.7. The molecule has 356 valence electrons. The van der Waals surface area contributed by atoms with Gasteiger partial charge >= 0.3 is 6.09 Å². The topological polar surface area (TPSA) is 189 Å². The zero-order chi connectivity index (χ0) is 49.8. The van der Waals surface area contributed by atoms with E-state index in [1.807, 2.05) is 94.1 Å². The number of rotatable bonds is 8. The van der Waals surface area contributed by atoms with Crippen LogP contribution in [0.3, 0.4) is 0 Å². The van der Waals surface area contributed by atoms with Crippen molar-refractivity contribution in [2.75, 3.05) is 51.7 Å². The third kappa shape index (κ3) is 15.0. The Balaban J connectivity index is 0.000000235. The van der Waals surface area contributed by atoms with Gasteiger partial charge in [-0.3, -0.25) is 9.59 Å². The summed E-state index contributed by atoms with van der Waals surface area (Å²) in [6.07, 6.45) is 4.64. The van der Waals surface area contributed by atoms with Crippen molar-refractivity contribution in [3.8, 4) is 23.7 Å². The zero-order valence-corrected chi connectivity index (χ0v) is 41.1. The molecule has 1 aliphatic rings. The first-order valence-electron chi connectivity index (χ1n) is 22.4. The summed E-state index contributed by atoms with van der Waals surface area (Å²) in [6, 6.07) is 25.2. The lowest BCUT2D eigenvalue weighted by Crippen LogP contribution is -2.38. The molecular weight excluding hydrogens is 912 g/mol. The minimum atomic E-state index is -0.638. The predicted octanol–water partition coefficient (Wildman–Crippen LogP) is 9.03. The molecule has 3 heterocycles. The second kappa shape index (κ2) is 23.3. The Kier molecular flexibility index (Phi) is 17.4. The van der Waals surface area contributed by atoms with Crippen LogP contribution in [-0.4, -0.2) is 100 Å². The molecule has 1 saturated heterocycles. The standard InChI is InChI=1S/C31H33ClN4O3.C23H23ClN4O2/c1-20(35-30(38)39-31(2,3)4)17-22-13-15-36(16-14-22)29(37)23-8-5-21(6-9-23)7-12-26-27-18-25(32)11-10-24(27)19-34-28(26)33;1-28(2)14-19(29)13-27-23(30)16-5-3-4-15(10-16)6-9-20-21-11-18(24)8-7-17(21)12-26-22(20)25/h5-6,8-11,18-19,22H,13-17H2,1-4H3,(H2,33,34);3-5,7-8,10-12,19,29H,13-14H2,1-2H3,(H2,25,26)(H,27,30). The van der Waals surface area contributed by atoms with Gasteiger partial charge in [0.25, 0.3) is 11.8 Å². The first-order chi connectivity index (χ1) is 32.8. The number of benzene rings is 4. The van der Waals surface area contributed by atoms with E-state index in [9.17, 15) is 19.5 Å². The van der Waals surface area contributed by atoms with E-state index in [1.165, 1.54) is 0 Å². The third-order valence-corrected chi connectivity index (χ3v) is 11.4. The maximum Gasteiger partial charge on any atom is 0.434 e. The Hall–Kier alpha value is -7.00. The van der Waals surface area contributed by atoms with E-state index in [2.05, 4.69) is 44.0 Å². The zero-order valence-electron chi connectivity index (χ0n) is 39.6. The number of pyridine rings is 2. The highest BCUT2D eigenvalue weighted by Gasteiger charge is 2.25. The maximum absolute atomic E-state index is 13.1. The number of aliphatic imine (C=N–C) groups is 1. The smallest absolute Gasteiger partial charge is 0.434 e. The van der Waals surface area contributed by atoms with Gasteiger partial charge < -0.3 is 36.4 Å². The van der Waals surface area contributed by atoms with Gasteiger partial charge in [-0.2, -0.15) is 4.99 Å². The summed E-state index contributed by atoms with van der Waals surface area (Å²) in [7, 11) is 3.72. The number of halogens is 2. The van der Waals surface area contributed by atoms with E-state index in [1.54, 1.807) is 54.9 Å². The number of fused-ring (bicyclic) bond motifs is 2. The molecule has 7 rings (SSSR count). The largest absolute Gasteiger partial charge is 0.442 e. The molecule has 1 atom stereocenters. The van der Waals surface area contributed by atoms with E-state index in [4.69, 9.17) is 39.4 Å². The van der Waals surface area contributed by atoms with Gasteiger partial charge in [-0.25, -0.2) is 14.8 Å². The Morgan fingerprint density at radius 2 is 1.39 bits per heavy atom. The van der Waals surface area contributed by atoms with Crippen molar-refractivity contribution in [2.24, 2.45) is 10.9 Å². The predicted molar refractivity (Wildman–Crippen MR) is 277 cm³/mol. The fourth-order valence-electron chi connectivity index (χ4n) is 7.59. The molecule has 1 aliphatic heterocycles. The van der Waals surface area contributed by atoms with Gasteiger partial charge in [0.05, 0.1) is 17.2 Å². The number of hydrogen-bond donors (Lipinski definition) is 4. The van der Waals surface area contributed by atoms with Crippen LogP contribution in [0.2, 0.25) is 10.0 Å². The summed E-state index contributed by atoms with van der Waals surface area (Å²) in [5.74, 6) is 13.1. The van der Waals surface area contributed by atoms with Gasteiger partial charge in [0.15, 0.2) is 0 Å². The summed E-state index contributed by atoms with van der Waals surface area (Å²) in [5.41, 5.74) is 16.1. The minimum absolute atomic E-state index is 0.00393. The number of aromatic nitrogens is 2. The lowest BCUT2D eigenvalue weighted by molar-refractivity contribution is 0.0603. The van der Waals surface area contributed by atoms with Crippen molar-refractivity contribution >= 4 is 80.0 Å². The lowest BCUT2D eigenvalue weighted by atomic mass is 9.91. The molecule has 6 aromatic rings. The molecule has 69 heavy (non-hydrogen) atoms. The molecule has 2 aromatic heterocycles. The highest BCUT2D eigenvalue weighted by Crippen LogP contribution is 2.27. The van der Waals surface area contributed by atoms with Gasteiger partial charge in [0.2, 0.25) is 0 Å². The molecule has 0 saturated carbocycles. The number of anilines is 2. The minimum Gasteiger partial charge on any atom is -0.442 e. The average molecular weight is 968 g/mol. The Labute approximate surface area is 413 Å². The van der Waals surface area contributed by atoms with Gasteiger partial charge in [0, 0.05) is 98.1 Å². The quantitative estimate of drug-likeness (QED) is 0.0846. The van der Waals surface area contributed by atoms with Crippen molar-refractivity contribution < 1.29 is 24.2 Å². The van der Waals surface area contributed by atoms with Crippen LogP contribution in [0.15, 0.2) is 102 Å². The molecule has 0 radical (unpaired) electrons. The van der Waals surface area contributed by atoms with Gasteiger partial charge in [0.1, 0.15) is 17.2 Å². The second-order valence-corrected chi connectivity index (χ2v) is 18.9. The Bertz CT molecular complexity index is 3000. The fourth-order valence-corrected chi connectivity index (χ4v) is 7.93. The van der Waals surface area contributed by atoms with Crippen molar-refractivity contribution in [2.45, 2.75) is 58.7 Å². The van der Waals surface area contributed by atoms with Crippen molar-refractivity contribution in [1.82, 2.24) is 25.1 Å². The first kappa shape index (κ1) is 51.4. The van der Waals surface area contributed by atoms with Crippen LogP contribution in [0.25, 0.3) is 21.5 Å². The van der Waals surface area contributed by atoms with Crippen LogP contribution >= 0.6 is 23.2 Å². The van der Waals surface area contributed by atoms with Crippen molar-refractivity contribution in [3.05, 3.63) is 141 Å². The maximum atomic E-state index is 13.1. The van der Waals surface area contributed by atoms with E-state index in [0.717, 1.165) is 52.1 Å². The monoisotopic (exact) mass is 966 g/mol. The molecule has 1 fully saturated rings. The van der Waals surface area contributed by atoms with E-state index < -0.39 is 17.8 Å².